The molecular formula is C17H33N5O4S. The van der Waals surface area contributed by atoms with Crippen LogP contribution in [0.3, 0.4) is 0 Å². The van der Waals surface area contributed by atoms with Crippen LogP contribution in [0.5, 0.6) is 0 Å². The Hall–Kier alpha value is -1.65. The highest BCUT2D eigenvalue weighted by molar-refractivity contribution is 7.98. The van der Waals surface area contributed by atoms with Crippen molar-refractivity contribution in [3.63, 3.8) is 0 Å². The molecule has 0 spiro atoms. The topological polar surface area (TPSA) is 156 Å². The first-order chi connectivity index (χ1) is 12.8. The van der Waals surface area contributed by atoms with Crippen LogP contribution in [0, 0.1) is 0 Å². The zero-order chi connectivity index (χ0) is 20.8. The molecule has 0 aromatic heterocycles. The van der Waals surface area contributed by atoms with E-state index in [9.17, 15) is 19.2 Å². The SMILES string of the molecule is CN[C@@H](CC(N)=O)C(=O)N[C@@H](CCSC)C(=O)N[C@@H](CCCCN)C(C)=O. The normalized spacial score (nSPS) is 14.1. The van der Waals surface area contributed by atoms with Gasteiger partial charge in [-0.25, -0.2) is 0 Å². The smallest absolute Gasteiger partial charge is 0.243 e. The maximum absolute atomic E-state index is 12.6. The summed E-state index contributed by atoms with van der Waals surface area (Å²) >= 11 is 1.54. The Kier molecular flexibility index (Phi) is 13.5. The fourth-order valence-corrected chi connectivity index (χ4v) is 2.92. The second-order valence-corrected chi connectivity index (χ2v) is 7.30. The van der Waals surface area contributed by atoms with Gasteiger partial charge in [0.25, 0.3) is 0 Å². The average Bonchev–Trinajstić information content (AvgIpc) is 2.61. The Morgan fingerprint density at radius 1 is 0.963 bits per heavy atom. The number of primary amides is 1. The highest BCUT2D eigenvalue weighted by atomic mass is 32.2. The molecule has 0 bridgehead atoms. The van der Waals surface area contributed by atoms with Gasteiger partial charge in [0.1, 0.15) is 6.04 Å². The van der Waals surface area contributed by atoms with Crippen LogP contribution < -0.4 is 27.4 Å². The summed E-state index contributed by atoms with van der Waals surface area (Å²) in [6.45, 7) is 1.95. The minimum Gasteiger partial charge on any atom is -0.370 e. The van der Waals surface area contributed by atoms with Gasteiger partial charge in [-0.15, -0.1) is 0 Å². The fraction of sp³-hybridized carbons (Fsp3) is 0.765. The first kappa shape index (κ1) is 25.4. The minimum atomic E-state index is -0.819. The largest absolute Gasteiger partial charge is 0.370 e. The molecule has 3 amide bonds. The van der Waals surface area contributed by atoms with Crippen molar-refractivity contribution in [1.82, 2.24) is 16.0 Å². The van der Waals surface area contributed by atoms with Gasteiger partial charge in [-0.3, -0.25) is 19.2 Å². The van der Waals surface area contributed by atoms with Gasteiger partial charge in [-0.1, -0.05) is 0 Å². The Bertz CT molecular complexity index is 504. The Morgan fingerprint density at radius 3 is 2.04 bits per heavy atom. The minimum absolute atomic E-state index is 0.142. The van der Waals surface area contributed by atoms with Crippen LogP contribution in [-0.2, 0) is 19.2 Å². The molecule has 0 saturated heterocycles. The van der Waals surface area contributed by atoms with E-state index in [4.69, 9.17) is 11.5 Å². The number of nitrogens with two attached hydrogens (primary N) is 2. The molecule has 3 atom stereocenters. The second kappa shape index (κ2) is 14.4. The van der Waals surface area contributed by atoms with Crippen LogP contribution >= 0.6 is 11.8 Å². The Balaban J connectivity index is 5.02. The van der Waals surface area contributed by atoms with Crippen LogP contribution in [-0.4, -0.2) is 67.2 Å². The standard InChI is InChI=1S/C17H33N5O4S/c1-11(23)12(6-4-5-8-18)21-16(25)13(7-9-27-3)22-17(26)14(20-2)10-15(19)24/h12-14,20H,4-10,18H2,1-3H3,(H2,19,24)(H,21,25)(H,22,26)/t12-,13-,14-/m0/s1. The number of unbranched alkanes of at least 4 members (excludes halogenated alkanes) is 1. The number of carbonyl (C=O) groups is 4. The summed E-state index contributed by atoms with van der Waals surface area (Å²) < 4.78 is 0. The third kappa shape index (κ3) is 10.9. The summed E-state index contributed by atoms with van der Waals surface area (Å²) in [6.07, 6.45) is 4.12. The van der Waals surface area contributed by atoms with Crippen LogP contribution in [0.25, 0.3) is 0 Å². The predicted octanol–water partition coefficient (Wildman–Crippen LogP) is -1.11. The highest BCUT2D eigenvalue weighted by Crippen LogP contribution is 2.06. The number of Topliss-reactive ketones (excluding diaryl/α,β-unsaturated/α-hetero) is 1. The molecule has 9 nitrogen and oxygen atoms in total. The fourth-order valence-electron chi connectivity index (χ4n) is 2.45. The maximum Gasteiger partial charge on any atom is 0.243 e. The van der Waals surface area contributed by atoms with E-state index in [0.717, 1.165) is 12.8 Å². The molecule has 0 saturated carbocycles. The van der Waals surface area contributed by atoms with E-state index >= 15 is 0 Å². The molecule has 0 aromatic carbocycles. The average molecular weight is 404 g/mol. The molecule has 0 unspecified atom stereocenters. The summed E-state index contributed by atoms with van der Waals surface area (Å²) in [5.41, 5.74) is 10.6. The monoisotopic (exact) mass is 403 g/mol. The number of nitrogens with one attached hydrogen (secondary N) is 3. The lowest BCUT2D eigenvalue weighted by molar-refractivity contribution is -0.132. The molecule has 0 radical (unpaired) electrons. The van der Waals surface area contributed by atoms with Crippen molar-refractivity contribution in [1.29, 1.82) is 0 Å². The number of amides is 3. The van der Waals surface area contributed by atoms with E-state index in [-0.39, 0.29) is 12.2 Å². The molecule has 0 aliphatic heterocycles. The van der Waals surface area contributed by atoms with Gasteiger partial charge in [0, 0.05) is 0 Å². The number of rotatable bonds is 15. The van der Waals surface area contributed by atoms with Gasteiger partial charge in [0.2, 0.25) is 17.7 Å². The van der Waals surface area contributed by atoms with Crippen LogP contribution in [0.4, 0.5) is 0 Å². The van der Waals surface area contributed by atoms with Gasteiger partial charge in [0.05, 0.1) is 18.5 Å². The third-order valence-electron chi connectivity index (χ3n) is 4.07. The van der Waals surface area contributed by atoms with Crippen molar-refractivity contribution >= 4 is 35.3 Å². The van der Waals surface area contributed by atoms with Crippen molar-refractivity contribution < 1.29 is 19.2 Å². The van der Waals surface area contributed by atoms with E-state index in [2.05, 4.69) is 16.0 Å². The molecule has 0 heterocycles. The predicted molar refractivity (Wildman–Crippen MR) is 107 cm³/mol. The molecule has 0 aliphatic rings. The van der Waals surface area contributed by atoms with E-state index in [1.54, 1.807) is 0 Å². The summed E-state index contributed by atoms with van der Waals surface area (Å²) in [5.74, 6) is -1.02. The number of hydrogen-bond acceptors (Lipinski definition) is 7. The molecule has 7 N–H and O–H groups in total. The van der Waals surface area contributed by atoms with Crippen LogP contribution in [0.15, 0.2) is 0 Å². The maximum atomic E-state index is 12.6. The van der Waals surface area contributed by atoms with E-state index < -0.39 is 35.8 Å². The van der Waals surface area contributed by atoms with Crippen molar-refractivity contribution in [3.8, 4) is 0 Å². The van der Waals surface area contributed by atoms with Gasteiger partial charge in [-0.2, -0.15) is 11.8 Å². The van der Waals surface area contributed by atoms with Crippen LogP contribution in [0.1, 0.15) is 39.0 Å². The van der Waals surface area contributed by atoms with Crippen molar-refractivity contribution in [2.24, 2.45) is 11.5 Å². The number of likely N-dealkylation sites (N-methyl/N-ethyl adjacent to an activating group) is 1. The molecule has 0 rings (SSSR count). The van der Waals surface area contributed by atoms with Gasteiger partial charge < -0.3 is 27.4 Å². The van der Waals surface area contributed by atoms with Crippen molar-refractivity contribution in [2.45, 2.75) is 57.2 Å². The quantitative estimate of drug-likeness (QED) is 0.217. The summed E-state index contributed by atoms with van der Waals surface area (Å²) in [6, 6.07) is -2.23. The summed E-state index contributed by atoms with van der Waals surface area (Å²) in [5, 5.41) is 8.09. The third-order valence-corrected chi connectivity index (χ3v) is 4.71. The molecule has 156 valence electrons. The molecular weight excluding hydrogens is 370 g/mol. The van der Waals surface area contributed by atoms with E-state index in [1.165, 1.54) is 25.7 Å². The first-order valence-corrected chi connectivity index (χ1v) is 10.4. The number of hydrogen-bond donors (Lipinski definition) is 5. The zero-order valence-corrected chi connectivity index (χ0v) is 17.2. The Morgan fingerprint density at radius 2 is 1.56 bits per heavy atom. The number of carbonyl (C=O) groups excluding carboxylic acids is 4. The van der Waals surface area contributed by atoms with E-state index in [0.29, 0.717) is 25.1 Å². The lowest BCUT2D eigenvalue weighted by atomic mass is 10.0. The second-order valence-electron chi connectivity index (χ2n) is 6.31. The number of ketones is 1. The van der Waals surface area contributed by atoms with Crippen molar-refractivity contribution in [2.75, 3.05) is 25.6 Å². The molecule has 0 aliphatic carbocycles. The number of thioether (sulfide) groups is 1. The first-order valence-electron chi connectivity index (χ1n) is 9.02. The van der Waals surface area contributed by atoms with E-state index in [1.807, 2.05) is 6.26 Å². The lowest BCUT2D eigenvalue weighted by Crippen LogP contribution is -2.55. The molecule has 10 heteroatoms. The van der Waals surface area contributed by atoms with Gasteiger partial charge >= 0.3 is 0 Å². The van der Waals surface area contributed by atoms with Gasteiger partial charge in [-0.05, 0) is 58.2 Å². The summed E-state index contributed by atoms with van der Waals surface area (Å²) in [4.78, 5) is 47.9. The Labute approximate surface area is 165 Å². The van der Waals surface area contributed by atoms with Crippen molar-refractivity contribution in [3.05, 3.63) is 0 Å². The van der Waals surface area contributed by atoms with Gasteiger partial charge in [0.15, 0.2) is 5.78 Å². The summed E-state index contributed by atoms with van der Waals surface area (Å²) in [7, 11) is 1.54. The highest BCUT2D eigenvalue weighted by Gasteiger charge is 2.27. The van der Waals surface area contributed by atoms with Crippen LogP contribution in [0.2, 0.25) is 0 Å². The molecule has 27 heavy (non-hydrogen) atoms. The lowest BCUT2D eigenvalue weighted by Gasteiger charge is -2.24. The zero-order valence-electron chi connectivity index (χ0n) is 16.4. The molecule has 0 fully saturated rings. The molecule has 0 aromatic rings.